The largest absolute Gasteiger partial charge is 0.573 e. The van der Waals surface area contributed by atoms with Crippen LogP contribution in [-0.4, -0.2) is 17.3 Å². The van der Waals surface area contributed by atoms with Crippen molar-refractivity contribution in [1.29, 1.82) is 0 Å². The number of benzene rings is 1. The molecule has 0 bridgehead atoms. The summed E-state index contributed by atoms with van der Waals surface area (Å²) in [5, 5.41) is 3.36. The van der Waals surface area contributed by atoms with Gasteiger partial charge in [0.2, 0.25) is 0 Å². The van der Waals surface area contributed by atoms with Crippen LogP contribution in [0.25, 0.3) is 10.9 Å². The number of aryl methyl sites for hydroxylation is 1. The molecule has 2 heterocycles. The predicted molar refractivity (Wildman–Crippen MR) is 84.3 cm³/mol. The molecule has 2 N–H and O–H groups in total. The van der Waals surface area contributed by atoms with E-state index in [1.807, 2.05) is 0 Å². The number of aromatic amines is 1. The summed E-state index contributed by atoms with van der Waals surface area (Å²) >= 11 is 0. The maximum absolute atomic E-state index is 12.3. The van der Waals surface area contributed by atoms with Crippen molar-refractivity contribution in [2.45, 2.75) is 26.3 Å². The first kappa shape index (κ1) is 16.9. The van der Waals surface area contributed by atoms with E-state index in [2.05, 4.69) is 15.0 Å². The normalized spacial score (nSPS) is 13.0. The van der Waals surface area contributed by atoms with E-state index in [1.165, 1.54) is 18.2 Å². The van der Waals surface area contributed by atoms with Crippen molar-refractivity contribution in [3.63, 3.8) is 0 Å². The summed E-state index contributed by atoms with van der Waals surface area (Å²) < 4.78 is 46.2. The van der Waals surface area contributed by atoms with Crippen LogP contribution in [0.4, 0.5) is 13.2 Å². The van der Waals surface area contributed by atoms with E-state index in [-0.39, 0.29) is 17.5 Å². The molecule has 0 radical (unpaired) electrons. The van der Waals surface area contributed by atoms with E-state index in [4.69, 9.17) is 4.42 Å². The van der Waals surface area contributed by atoms with E-state index < -0.39 is 12.3 Å². The van der Waals surface area contributed by atoms with E-state index in [0.29, 0.717) is 16.7 Å². The van der Waals surface area contributed by atoms with Crippen LogP contribution < -0.4 is 10.1 Å². The molecule has 0 unspecified atom stereocenters. The second-order valence-corrected chi connectivity index (χ2v) is 5.62. The van der Waals surface area contributed by atoms with Gasteiger partial charge in [-0.1, -0.05) is 0 Å². The van der Waals surface area contributed by atoms with E-state index >= 15 is 0 Å². The fourth-order valence-electron chi connectivity index (χ4n) is 2.46. The van der Waals surface area contributed by atoms with Crippen LogP contribution in [0.2, 0.25) is 0 Å². The topological polar surface area (TPSA) is 67.3 Å². The highest BCUT2D eigenvalue weighted by Gasteiger charge is 2.31. The van der Waals surface area contributed by atoms with Gasteiger partial charge in [0, 0.05) is 17.0 Å². The van der Waals surface area contributed by atoms with Gasteiger partial charge in [-0.15, -0.1) is 13.2 Å². The minimum Gasteiger partial charge on any atom is -0.464 e. The van der Waals surface area contributed by atoms with Gasteiger partial charge in [-0.3, -0.25) is 4.79 Å². The zero-order valence-corrected chi connectivity index (χ0v) is 13.4. The molecule has 0 aliphatic carbocycles. The average molecular weight is 352 g/mol. The SMILES string of the molecule is Cc1ccc([C@H](C)NC(=O)c2cc3ccc(OC(F)(F)F)cc3[nH]2)o1. The highest BCUT2D eigenvalue weighted by molar-refractivity contribution is 5.98. The number of hydrogen-bond donors (Lipinski definition) is 2. The van der Waals surface area contributed by atoms with Gasteiger partial charge >= 0.3 is 6.36 Å². The number of nitrogens with one attached hydrogen (secondary N) is 2. The first-order valence-electron chi connectivity index (χ1n) is 7.47. The maximum atomic E-state index is 12.3. The third kappa shape index (κ3) is 3.96. The Kier molecular flexibility index (Phi) is 4.20. The van der Waals surface area contributed by atoms with Gasteiger partial charge in [0.25, 0.3) is 5.91 Å². The van der Waals surface area contributed by atoms with Crippen LogP contribution in [0.3, 0.4) is 0 Å². The predicted octanol–water partition coefficient (Wildman–Crippen LogP) is 4.46. The fourth-order valence-corrected chi connectivity index (χ4v) is 2.46. The zero-order valence-electron chi connectivity index (χ0n) is 13.4. The van der Waals surface area contributed by atoms with Crippen molar-refractivity contribution in [2.75, 3.05) is 0 Å². The van der Waals surface area contributed by atoms with E-state index in [9.17, 15) is 18.0 Å². The Morgan fingerprint density at radius 1 is 1.24 bits per heavy atom. The minimum atomic E-state index is -4.77. The highest BCUT2D eigenvalue weighted by atomic mass is 19.4. The number of amides is 1. The van der Waals surface area contributed by atoms with Crippen LogP contribution >= 0.6 is 0 Å². The Bertz CT molecular complexity index is 911. The van der Waals surface area contributed by atoms with Gasteiger partial charge in [-0.2, -0.15) is 0 Å². The molecule has 25 heavy (non-hydrogen) atoms. The quantitative estimate of drug-likeness (QED) is 0.728. The average Bonchev–Trinajstić information content (AvgIpc) is 3.11. The number of carbonyl (C=O) groups is 1. The molecular formula is C17H15F3N2O3. The second kappa shape index (κ2) is 6.19. The molecule has 0 aliphatic rings. The first-order valence-corrected chi connectivity index (χ1v) is 7.47. The second-order valence-electron chi connectivity index (χ2n) is 5.62. The van der Waals surface area contributed by atoms with Crippen LogP contribution in [-0.2, 0) is 0 Å². The molecule has 1 atom stereocenters. The van der Waals surface area contributed by atoms with Crippen LogP contribution in [0, 0.1) is 6.92 Å². The molecule has 2 aromatic heterocycles. The summed E-state index contributed by atoms with van der Waals surface area (Å²) in [5.41, 5.74) is 0.600. The van der Waals surface area contributed by atoms with Gasteiger partial charge in [0.05, 0.1) is 6.04 Å². The lowest BCUT2D eigenvalue weighted by Gasteiger charge is -2.10. The van der Waals surface area contributed by atoms with Crippen molar-refractivity contribution in [2.24, 2.45) is 0 Å². The van der Waals surface area contributed by atoms with Gasteiger partial charge in [-0.05, 0) is 44.2 Å². The summed E-state index contributed by atoms with van der Waals surface area (Å²) in [6.07, 6.45) is -4.77. The molecular weight excluding hydrogens is 337 g/mol. The van der Waals surface area contributed by atoms with Crippen LogP contribution in [0.1, 0.15) is 35.0 Å². The molecule has 0 fully saturated rings. The number of furan rings is 1. The Hall–Kier alpha value is -2.90. The molecule has 5 nitrogen and oxygen atoms in total. The van der Waals surface area contributed by atoms with Crippen molar-refractivity contribution in [1.82, 2.24) is 10.3 Å². The van der Waals surface area contributed by atoms with E-state index in [1.54, 1.807) is 32.0 Å². The molecule has 132 valence electrons. The highest BCUT2D eigenvalue weighted by Crippen LogP contribution is 2.27. The Morgan fingerprint density at radius 2 is 2.00 bits per heavy atom. The molecule has 0 spiro atoms. The number of carbonyl (C=O) groups excluding carboxylic acids is 1. The number of aromatic nitrogens is 1. The number of H-pyrrole nitrogens is 1. The number of fused-ring (bicyclic) bond motifs is 1. The number of hydrogen-bond acceptors (Lipinski definition) is 3. The molecule has 1 aromatic carbocycles. The summed E-state index contributed by atoms with van der Waals surface area (Å²) in [6.45, 7) is 3.57. The van der Waals surface area contributed by atoms with Gasteiger partial charge < -0.3 is 19.5 Å². The van der Waals surface area contributed by atoms with Gasteiger partial charge in [0.1, 0.15) is 23.0 Å². The zero-order chi connectivity index (χ0) is 18.2. The van der Waals surface area contributed by atoms with Crippen LogP contribution in [0.15, 0.2) is 40.8 Å². The Labute approximate surface area is 140 Å². The Morgan fingerprint density at radius 3 is 2.64 bits per heavy atom. The monoisotopic (exact) mass is 352 g/mol. The maximum Gasteiger partial charge on any atom is 0.573 e. The molecule has 0 saturated carbocycles. The van der Waals surface area contributed by atoms with Crippen molar-refractivity contribution < 1.29 is 27.1 Å². The van der Waals surface area contributed by atoms with Crippen LogP contribution in [0.5, 0.6) is 5.75 Å². The summed E-state index contributed by atoms with van der Waals surface area (Å²) in [7, 11) is 0. The smallest absolute Gasteiger partial charge is 0.464 e. The summed E-state index contributed by atoms with van der Waals surface area (Å²) in [6, 6.07) is 8.61. The van der Waals surface area contributed by atoms with Crippen molar-refractivity contribution in [3.05, 3.63) is 53.6 Å². The molecule has 0 aliphatic heterocycles. The minimum absolute atomic E-state index is 0.231. The molecule has 8 heteroatoms. The van der Waals surface area contributed by atoms with Gasteiger partial charge in [0.15, 0.2) is 0 Å². The molecule has 0 saturated heterocycles. The standard InChI is InChI=1S/C17H15F3N2O3/c1-9-3-6-15(24-9)10(2)21-16(23)14-7-11-4-5-12(8-13(11)22-14)25-17(18,19)20/h3-8,10,22H,1-2H3,(H,21,23)/t10-/m0/s1. The third-order valence-electron chi connectivity index (χ3n) is 3.61. The lowest BCUT2D eigenvalue weighted by atomic mass is 10.2. The summed E-state index contributed by atoms with van der Waals surface area (Å²) in [4.78, 5) is 15.1. The number of alkyl halides is 3. The molecule has 1 amide bonds. The third-order valence-corrected chi connectivity index (χ3v) is 3.61. The lowest BCUT2D eigenvalue weighted by Crippen LogP contribution is -2.26. The fraction of sp³-hybridized carbons (Fsp3) is 0.235. The summed E-state index contributed by atoms with van der Waals surface area (Å²) in [5.74, 6) is 0.603. The van der Waals surface area contributed by atoms with Crippen molar-refractivity contribution in [3.8, 4) is 5.75 Å². The van der Waals surface area contributed by atoms with Crippen molar-refractivity contribution >= 4 is 16.8 Å². The van der Waals surface area contributed by atoms with Gasteiger partial charge in [-0.25, -0.2) is 0 Å². The van der Waals surface area contributed by atoms with E-state index in [0.717, 1.165) is 5.76 Å². The number of rotatable bonds is 4. The lowest BCUT2D eigenvalue weighted by molar-refractivity contribution is -0.274. The number of halogens is 3. The number of ether oxygens (including phenoxy) is 1. The first-order chi connectivity index (χ1) is 11.7. The molecule has 3 aromatic rings. The molecule has 3 rings (SSSR count). The Balaban J connectivity index is 1.77.